The van der Waals surface area contributed by atoms with Gasteiger partial charge in [0, 0.05) is 38.8 Å². The Hall–Kier alpha value is -3.99. The molecule has 0 saturated carbocycles. The molecule has 42 heavy (non-hydrogen) atoms. The summed E-state index contributed by atoms with van der Waals surface area (Å²) in [6.07, 6.45) is 1.50. The molecule has 220 valence electrons. The Labute approximate surface area is 255 Å². The number of aryl methyl sites for hydroxylation is 2. The van der Waals surface area contributed by atoms with Gasteiger partial charge in [0.15, 0.2) is 11.5 Å². The van der Waals surface area contributed by atoms with Crippen LogP contribution in [0.1, 0.15) is 22.5 Å². The summed E-state index contributed by atoms with van der Waals surface area (Å²) in [4.78, 5) is 13.1. The third-order valence-corrected chi connectivity index (χ3v) is 8.74. The van der Waals surface area contributed by atoms with Gasteiger partial charge in [-0.1, -0.05) is 40.9 Å². The SMILES string of the molecule is COc1ccc(N(CC(=O)N/N=C/c2cc(C)n(-c3cc(Cl)cc(Cl)c3)c2C)S(=O)(=O)c2ccc(C)cc2)cc1OC. The first-order chi connectivity index (χ1) is 19.9. The fourth-order valence-corrected chi connectivity index (χ4v) is 6.38. The van der Waals surface area contributed by atoms with Crippen LogP contribution in [-0.4, -0.2) is 45.9 Å². The molecule has 0 bridgehead atoms. The lowest BCUT2D eigenvalue weighted by Gasteiger charge is -2.24. The normalized spacial score (nSPS) is 11.5. The summed E-state index contributed by atoms with van der Waals surface area (Å²) in [5.41, 5.74) is 6.85. The number of amides is 1. The van der Waals surface area contributed by atoms with Crippen molar-refractivity contribution < 1.29 is 22.7 Å². The molecule has 3 aromatic carbocycles. The van der Waals surface area contributed by atoms with Crippen molar-refractivity contribution >= 4 is 51.0 Å². The van der Waals surface area contributed by atoms with E-state index < -0.39 is 22.5 Å². The first kappa shape index (κ1) is 31.0. The molecule has 4 aromatic rings. The Morgan fingerprint density at radius 1 is 0.929 bits per heavy atom. The van der Waals surface area contributed by atoms with Gasteiger partial charge in [0.2, 0.25) is 0 Å². The van der Waals surface area contributed by atoms with Gasteiger partial charge in [0.25, 0.3) is 15.9 Å². The van der Waals surface area contributed by atoms with Crippen LogP contribution >= 0.6 is 23.2 Å². The first-order valence-corrected chi connectivity index (χ1v) is 14.9. The van der Waals surface area contributed by atoms with Gasteiger partial charge >= 0.3 is 0 Å². The molecule has 0 atom stereocenters. The number of hydrogen-bond donors (Lipinski definition) is 1. The quantitative estimate of drug-likeness (QED) is 0.170. The highest BCUT2D eigenvalue weighted by atomic mass is 35.5. The highest BCUT2D eigenvalue weighted by Crippen LogP contribution is 2.34. The fraction of sp³-hybridized carbons (Fsp3) is 0.200. The van der Waals surface area contributed by atoms with Crippen molar-refractivity contribution in [3.05, 3.63) is 99.3 Å². The maximum absolute atomic E-state index is 13.7. The van der Waals surface area contributed by atoms with Gasteiger partial charge in [-0.2, -0.15) is 5.10 Å². The highest BCUT2D eigenvalue weighted by Gasteiger charge is 2.28. The second-order valence-electron chi connectivity index (χ2n) is 9.45. The molecule has 0 spiro atoms. The molecule has 4 rings (SSSR count). The zero-order valence-electron chi connectivity index (χ0n) is 23.7. The number of carbonyl (C=O) groups is 1. The molecule has 12 heteroatoms. The average Bonchev–Trinajstić information content (AvgIpc) is 3.23. The topological polar surface area (TPSA) is 102 Å². The Bertz CT molecular complexity index is 1730. The summed E-state index contributed by atoms with van der Waals surface area (Å²) in [6, 6.07) is 18.1. The molecule has 0 radical (unpaired) electrons. The molecule has 1 amide bonds. The van der Waals surface area contributed by atoms with E-state index in [1.165, 1.54) is 38.6 Å². The van der Waals surface area contributed by atoms with Crippen LogP contribution in [0.25, 0.3) is 5.69 Å². The largest absolute Gasteiger partial charge is 0.493 e. The molecule has 1 heterocycles. The number of carbonyl (C=O) groups excluding carboxylic acids is 1. The van der Waals surface area contributed by atoms with Crippen molar-refractivity contribution in [1.82, 2.24) is 9.99 Å². The number of sulfonamides is 1. The van der Waals surface area contributed by atoms with Gasteiger partial charge in [-0.05, 0) is 69.3 Å². The van der Waals surface area contributed by atoms with E-state index in [0.29, 0.717) is 21.5 Å². The van der Waals surface area contributed by atoms with E-state index in [2.05, 4.69) is 10.5 Å². The number of anilines is 1. The van der Waals surface area contributed by atoms with Gasteiger partial charge in [-0.15, -0.1) is 0 Å². The minimum absolute atomic E-state index is 0.0349. The standard InChI is InChI=1S/C30H30Cl2N4O5S/c1-19-6-9-27(10-7-19)42(38,39)35(25-8-11-28(40-4)29(16-25)41-5)18-30(37)34-33-17-22-12-20(2)36(21(22)3)26-14-23(31)13-24(32)15-26/h6-17H,18H2,1-5H3,(H,34,37)/b33-17+. The van der Waals surface area contributed by atoms with Gasteiger partial charge < -0.3 is 14.0 Å². The number of hydrogen-bond acceptors (Lipinski definition) is 6. The second-order valence-corrected chi connectivity index (χ2v) is 12.2. The zero-order chi connectivity index (χ0) is 30.6. The molecule has 0 aliphatic carbocycles. The van der Waals surface area contributed by atoms with Crippen molar-refractivity contribution in [3.63, 3.8) is 0 Å². The predicted octanol–water partition coefficient (Wildman–Crippen LogP) is 6.07. The summed E-state index contributed by atoms with van der Waals surface area (Å²) < 4.78 is 41.0. The number of ether oxygens (including phenoxy) is 2. The average molecular weight is 630 g/mol. The molecule has 0 saturated heterocycles. The minimum atomic E-state index is -4.14. The minimum Gasteiger partial charge on any atom is -0.493 e. The maximum atomic E-state index is 13.7. The summed E-state index contributed by atoms with van der Waals surface area (Å²) in [5, 5.41) is 5.12. The van der Waals surface area contributed by atoms with Crippen molar-refractivity contribution in [2.24, 2.45) is 5.10 Å². The molecule has 9 nitrogen and oxygen atoms in total. The van der Waals surface area contributed by atoms with Crippen LogP contribution in [0, 0.1) is 20.8 Å². The van der Waals surface area contributed by atoms with Crippen LogP contribution < -0.4 is 19.2 Å². The number of aromatic nitrogens is 1. The zero-order valence-corrected chi connectivity index (χ0v) is 26.0. The Morgan fingerprint density at radius 3 is 2.19 bits per heavy atom. The van der Waals surface area contributed by atoms with Gasteiger partial charge in [-0.3, -0.25) is 9.10 Å². The number of hydrazone groups is 1. The van der Waals surface area contributed by atoms with Gasteiger partial charge in [0.05, 0.1) is 31.0 Å². The molecule has 0 unspecified atom stereocenters. The molecule has 0 aliphatic heterocycles. The van der Waals surface area contributed by atoms with Crippen molar-refractivity contribution in [3.8, 4) is 17.2 Å². The molecular formula is C30H30Cl2N4O5S. The van der Waals surface area contributed by atoms with E-state index in [1.807, 2.05) is 31.4 Å². The van der Waals surface area contributed by atoms with Crippen molar-refractivity contribution in [2.45, 2.75) is 25.7 Å². The lowest BCUT2D eigenvalue weighted by molar-refractivity contribution is -0.119. The summed E-state index contributed by atoms with van der Waals surface area (Å²) in [7, 11) is -1.21. The van der Waals surface area contributed by atoms with Gasteiger partial charge in [0.1, 0.15) is 6.54 Å². The van der Waals surface area contributed by atoms with E-state index in [0.717, 1.165) is 32.5 Å². The Morgan fingerprint density at radius 2 is 1.57 bits per heavy atom. The molecule has 1 N–H and O–H groups in total. The van der Waals surface area contributed by atoms with Crippen LogP contribution in [0.4, 0.5) is 5.69 Å². The van der Waals surface area contributed by atoms with Crippen LogP contribution in [0.5, 0.6) is 11.5 Å². The third kappa shape index (κ3) is 6.73. The Balaban J connectivity index is 1.60. The molecule has 0 fully saturated rings. The monoisotopic (exact) mass is 628 g/mol. The van der Waals surface area contributed by atoms with Crippen molar-refractivity contribution in [1.29, 1.82) is 0 Å². The fourth-order valence-electron chi connectivity index (χ4n) is 4.46. The van der Waals surface area contributed by atoms with E-state index in [-0.39, 0.29) is 10.6 Å². The lowest BCUT2D eigenvalue weighted by atomic mass is 10.2. The second kappa shape index (κ2) is 12.9. The van der Waals surface area contributed by atoms with E-state index in [1.54, 1.807) is 42.5 Å². The number of nitrogens with one attached hydrogen (secondary N) is 1. The molecule has 1 aromatic heterocycles. The summed E-state index contributed by atoms with van der Waals surface area (Å²) in [6.45, 7) is 5.14. The smallest absolute Gasteiger partial charge is 0.264 e. The maximum Gasteiger partial charge on any atom is 0.264 e. The Kier molecular flexibility index (Phi) is 9.50. The van der Waals surface area contributed by atoms with E-state index >= 15 is 0 Å². The number of benzene rings is 3. The van der Waals surface area contributed by atoms with Crippen molar-refractivity contribution in [2.75, 3.05) is 25.1 Å². The third-order valence-electron chi connectivity index (χ3n) is 6.52. The summed E-state index contributed by atoms with van der Waals surface area (Å²) >= 11 is 12.4. The van der Waals surface area contributed by atoms with E-state index in [9.17, 15) is 13.2 Å². The number of methoxy groups -OCH3 is 2. The van der Waals surface area contributed by atoms with Gasteiger partial charge in [-0.25, -0.2) is 13.8 Å². The number of rotatable bonds is 10. The number of halogens is 2. The van der Waals surface area contributed by atoms with Crippen LogP contribution in [-0.2, 0) is 14.8 Å². The van der Waals surface area contributed by atoms with Crippen LogP contribution in [0.3, 0.4) is 0 Å². The van der Waals surface area contributed by atoms with Crippen LogP contribution in [0.2, 0.25) is 10.0 Å². The summed E-state index contributed by atoms with van der Waals surface area (Å²) in [5.74, 6) is 0.0849. The molecular weight excluding hydrogens is 599 g/mol. The van der Waals surface area contributed by atoms with Crippen LogP contribution in [0.15, 0.2) is 76.7 Å². The van der Waals surface area contributed by atoms with E-state index in [4.69, 9.17) is 32.7 Å². The first-order valence-electron chi connectivity index (χ1n) is 12.7. The molecule has 0 aliphatic rings. The lowest BCUT2D eigenvalue weighted by Crippen LogP contribution is -2.39. The highest BCUT2D eigenvalue weighted by molar-refractivity contribution is 7.92. The number of nitrogens with zero attached hydrogens (tertiary/aromatic N) is 3. The predicted molar refractivity (Wildman–Crippen MR) is 166 cm³/mol.